The van der Waals surface area contributed by atoms with E-state index in [1.807, 2.05) is 27.7 Å². The van der Waals surface area contributed by atoms with E-state index in [1.165, 1.54) is 0 Å². The molecule has 2 unspecified atom stereocenters. The van der Waals surface area contributed by atoms with Crippen LogP contribution in [-0.2, 0) is 14.3 Å². The highest BCUT2D eigenvalue weighted by Crippen LogP contribution is 2.14. The number of hydrogen-bond donors (Lipinski definition) is 1. The van der Waals surface area contributed by atoms with Crippen LogP contribution >= 0.6 is 0 Å². The van der Waals surface area contributed by atoms with Gasteiger partial charge in [0.05, 0.1) is 12.6 Å². The highest BCUT2D eigenvalue weighted by molar-refractivity contribution is 5.94. The summed E-state index contributed by atoms with van der Waals surface area (Å²) >= 11 is 0. The first-order chi connectivity index (χ1) is 9.45. The van der Waals surface area contributed by atoms with Crippen LogP contribution in [0.4, 0.5) is 0 Å². The number of hydrogen-bond acceptors (Lipinski definition) is 3. The Labute approximate surface area is 122 Å². The fraction of sp³-hybridized carbons (Fsp3) is 0.867. The number of nitrogens with one attached hydrogen (secondary N) is 1. The van der Waals surface area contributed by atoms with E-state index in [0.29, 0.717) is 13.2 Å². The lowest BCUT2D eigenvalue weighted by molar-refractivity contribution is -0.145. The van der Waals surface area contributed by atoms with Crippen molar-refractivity contribution in [3.05, 3.63) is 0 Å². The molecule has 0 aromatic rings. The first kappa shape index (κ1) is 17.0. The number of nitrogens with zero attached hydrogens (tertiary/aromatic N) is 1. The van der Waals surface area contributed by atoms with Gasteiger partial charge in [-0.2, -0.15) is 0 Å². The molecule has 0 aromatic heterocycles. The summed E-state index contributed by atoms with van der Waals surface area (Å²) in [5.74, 6) is 0.190. The van der Waals surface area contributed by atoms with Gasteiger partial charge in [-0.15, -0.1) is 0 Å². The number of carbonyl (C=O) groups is 2. The van der Waals surface area contributed by atoms with Crippen LogP contribution in [0.3, 0.4) is 0 Å². The van der Waals surface area contributed by atoms with Crippen molar-refractivity contribution >= 4 is 11.8 Å². The minimum absolute atomic E-state index is 0.0478. The molecule has 1 N–H and O–H groups in total. The number of amides is 2. The van der Waals surface area contributed by atoms with Crippen LogP contribution < -0.4 is 5.32 Å². The summed E-state index contributed by atoms with van der Waals surface area (Å²) in [6.07, 6.45) is 2.91. The molecule has 5 heteroatoms. The van der Waals surface area contributed by atoms with Crippen LogP contribution in [0.15, 0.2) is 0 Å². The standard InChI is InChI=1S/C15H28N2O3/c1-5-12(4)14-15(19)17(10-13(18)16-14)8-6-7-9-20-11(2)3/h11-12,14H,5-10H2,1-4H3,(H,16,18). The highest BCUT2D eigenvalue weighted by Gasteiger charge is 2.34. The molecule has 0 aromatic carbocycles. The molecule has 0 bridgehead atoms. The summed E-state index contributed by atoms with van der Waals surface area (Å²) in [4.78, 5) is 25.7. The van der Waals surface area contributed by atoms with Crippen LogP contribution in [0.2, 0.25) is 0 Å². The Balaban J connectivity index is 2.40. The highest BCUT2D eigenvalue weighted by atomic mass is 16.5. The SMILES string of the molecule is CCC(C)C1NC(=O)CN(CCCCOC(C)C)C1=O. The average molecular weight is 284 g/mol. The Morgan fingerprint density at radius 3 is 2.60 bits per heavy atom. The molecule has 5 nitrogen and oxygen atoms in total. The largest absolute Gasteiger partial charge is 0.379 e. The van der Waals surface area contributed by atoms with Crippen LogP contribution in [0.5, 0.6) is 0 Å². The van der Waals surface area contributed by atoms with Crippen LogP contribution in [-0.4, -0.2) is 48.6 Å². The Kier molecular flexibility index (Phi) is 6.99. The molecule has 116 valence electrons. The normalized spacial score (nSPS) is 21.2. The fourth-order valence-electron chi connectivity index (χ4n) is 2.26. The van der Waals surface area contributed by atoms with Gasteiger partial charge in [0.1, 0.15) is 6.04 Å². The van der Waals surface area contributed by atoms with Gasteiger partial charge in [-0.3, -0.25) is 9.59 Å². The van der Waals surface area contributed by atoms with Crippen LogP contribution in [0, 0.1) is 5.92 Å². The van der Waals surface area contributed by atoms with Gasteiger partial charge < -0.3 is 15.0 Å². The predicted octanol–water partition coefficient (Wildman–Crippen LogP) is 1.56. The molecule has 1 rings (SSSR count). The maximum Gasteiger partial charge on any atom is 0.245 e. The maximum atomic E-state index is 12.3. The zero-order valence-corrected chi connectivity index (χ0v) is 13.1. The molecule has 1 saturated heterocycles. The molecule has 20 heavy (non-hydrogen) atoms. The number of ether oxygens (including phenoxy) is 1. The number of carbonyl (C=O) groups excluding carboxylic acids is 2. The van der Waals surface area contributed by atoms with E-state index in [1.54, 1.807) is 4.90 Å². The lowest BCUT2D eigenvalue weighted by Gasteiger charge is -2.35. The Morgan fingerprint density at radius 1 is 1.30 bits per heavy atom. The van der Waals surface area contributed by atoms with Crippen LogP contribution in [0.1, 0.15) is 47.0 Å². The van der Waals surface area contributed by atoms with Crippen molar-refractivity contribution in [2.45, 2.75) is 59.1 Å². The Bertz CT molecular complexity index is 331. The van der Waals surface area contributed by atoms with Crippen molar-refractivity contribution in [2.75, 3.05) is 19.7 Å². The molecule has 0 aliphatic carbocycles. The van der Waals surface area contributed by atoms with Gasteiger partial charge in [-0.1, -0.05) is 20.3 Å². The number of piperazine rings is 1. The molecule has 1 heterocycles. The minimum atomic E-state index is -0.354. The molecule has 2 atom stereocenters. The second-order valence-electron chi connectivity index (χ2n) is 5.82. The summed E-state index contributed by atoms with van der Waals surface area (Å²) in [5.41, 5.74) is 0. The lowest BCUT2D eigenvalue weighted by atomic mass is 9.96. The van der Waals surface area contributed by atoms with Gasteiger partial charge in [0.15, 0.2) is 0 Å². The van der Waals surface area contributed by atoms with E-state index < -0.39 is 0 Å². The van der Waals surface area contributed by atoms with Crippen molar-refractivity contribution in [3.63, 3.8) is 0 Å². The predicted molar refractivity (Wildman–Crippen MR) is 78.3 cm³/mol. The van der Waals surface area contributed by atoms with Crippen LogP contribution in [0.25, 0.3) is 0 Å². The fourth-order valence-corrected chi connectivity index (χ4v) is 2.26. The van der Waals surface area contributed by atoms with E-state index in [4.69, 9.17) is 4.74 Å². The zero-order chi connectivity index (χ0) is 15.1. The third-order valence-corrected chi connectivity index (χ3v) is 3.72. The summed E-state index contributed by atoms with van der Waals surface area (Å²) in [7, 11) is 0. The van der Waals surface area contributed by atoms with Gasteiger partial charge in [-0.25, -0.2) is 0 Å². The molecule has 1 aliphatic heterocycles. The van der Waals surface area contributed by atoms with E-state index >= 15 is 0 Å². The van der Waals surface area contributed by atoms with Gasteiger partial charge in [0.25, 0.3) is 0 Å². The molecule has 0 spiro atoms. The second-order valence-corrected chi connectivity index (χ2v) is 5.82. The topological polar surface area (TPSA) is 58.6 Å². The summed E-state index contributed by atoms with van der Waals surface area (Å²) < 4.78 is 5.47. The quantitative estimate of drug-likeness (QED) is 0.688. The molecule has 2 amide bonds. The van der Waals surface area contributed by atoms with Gasteiger partial charge in [0.2, 0.25) is 11.8 Å². The molecule has 1 aliphatic rings. The Morgan fingerprint density at radius 2 is 2.00 bits per heavy atom. The third kappa shape index (κ3) is 5.12. The van der Waals surface area contributed by atoms with Gasteiger partial charge in [-0.05, 0) is 32.6 Å². The first-order valence-electron chi connectivity index (χ1n) is 7.65. The van der Waals surface area contributed by atoms with Crippen molar-refractivity contribution in [1.82, 2.24) is 10.2 Å². The Hall–Kier alpha value is -1.10. The van der Waals surface area contributed by atoms with Crippen molar-refractivity contribution in [1.29, 1.82) is 0 Å². The van der Waals surface area contributed by atoms with E-state index in [9.17, 15) is 9.59 Å². The molecule has 0 radical (unpaired) electrons. The molecular weight excluding hydrogens is 256 g/mol. The second kappa shape index (κ2) is 8.25. The third-order valence-electron chi connectivity index (χ3n) is 3.72. The monoisotopic (exact) mass is 284 g/mol. The summed E-state index contributed by atoms with van der Waals surface area (Å²) in [6, 6.07) is -0.354. The van der Waals surface area contributed by atoms with Crippen molar-refractivity contribution < 1.29 is 14.3 Å². The minimum Gasteiger partial charge on any atom is -0.379 e. The summed E-state index contributed by atoms with van der Waals surface area (Å²) in [6.45, 7) is 9.59. The van der Waals surface area contributed by atoms with E-state index in [2.05, 4.69) is 5.32 Å². The number of rotatable bonds is 8. The lowest BCUT2D eigenvalue weighted by Crippen LogP contribution is -2.60. The van der Waals surface area contributed by atoms with Gasteiger partial charge >= 0.3 is 0 Å². The molecule has 1 fully saturated rings. The smallest absolute Gasteiger partial charge is 0.245 e. The van der Waals surface area contributed by atoms with Crippen molar-refractivity contribution in [2.24, 2.45) is 5.92 Å². The number of unbranched alkanes of at least 4 members (excludes halogenated alkanes) is 1. The van der Waals surface area contributed by atoms with E-state index in [-0.39, 0.29) is 36.4 Å². The maximum absolute atomic E-state index is 12.3. The zero-order valence-electron chi connectivity index (χ0n) is 13.1. The first-order valence-corrected chi connectivity index (χ1v) is 7.65. The van der Waals surface area contributed by atoms with Gasteiger partial charge in [0, 0.05) is 13.2 Å². The van der Waals surface area contributed by atoms with Crippen molar-refractivity contribution in [3.8, 4) is 0 Å². The summed E-state index contributed by atoms with van der Waals surface area (Å²) in [5, 5.41) is 2.81. The van der Waals surface area contributed by atoms with E-state index in [0.717, 1.165) is 19.3 Å². The molecule has 0 saturated carbocycles. The molecular formula is C15H28N2O3. The average Bonchev–Trinajstić information content (AvgIpc) is 2.40.